The molecule has 4 rings (SSSR count). The summed E-state index contributed by atoms with van der Waals surface area (Å²) in [5.41, 5.74) is 1.11. The van der Waals surface area contributed by atoms with Crippen molar-refractivity contribution in [3.8, 4) is 11.8 Å². The molecule has 2 amide bonds. The summed E-state index contributed by atoms with van der Waals surface area (Å²) in [6, 6.07) is 16.2. The fourth-order valence-corrected chi connectivity index (χ4v) is 3.73. The van der Waals surface area contributed by atoms with E-state index in [1.807, 2.05) is 0 Å². The SMILES string of the molecule is N#Cc1cccc(OCc2ccoc2C(=O)N2CCC(NC(=O)c3ccccc3F)CC2)c1. The van der Waals surface area contributed by atoms with Crippen LogP contribution in [0.3, 0.4) is 0 Å². The molecule has 33 heavy (non-hydrogen) atoms. The van der Waals surface area contributed by atoms with E-state index in [1.165, 1.54) is 24.5 Å². The number of rotatable bonds is 6. The zero-order chi connectivity index (χ0) is 23.2. The summed E-state index contributed by atoms with van der Waals surface area (Å²) in [7, 11) is 0. The van der Waals surface area contributed by atoms with Crippen LogP contribution in [-0.2, 0) is 6.61 Å². The number of furan rings is 1. The van der Waals surface area contributed by atoms with Gasteiger partial charge in [0.25, 0.3) is 11.8 Å². The number of likely N-dealkylation sites (tertiary alicyclic amines) is 1. The van der Waals surface area contributed by atoms with Crippen molar-refractivity contribution in [2.45, 2.75) is 25.5 Å². The highest BCUT2D eigenvalue weighted by atomic mass is 19.1. The highest BCUT2D eigenvalue weighted by Crippen LogP contribution is 2.21. The van der Waals surface area contributed by atoms with Gasteiger partial charge in [-0.3, -0.25) is 9.59 Å². The Kier molecular flexibility index (Phi) is 6.69. The lowest BCUT2D eigenvalue weighted by Gasteiger charge is -2.32. The quantitative estimate of drug-likeness (QED) is 0.618. The van der Waals surface area contributed by atoms with Gasteiger partial charge in [-0.1, -0.05) is 18.2 Å². The van der Waals surface area contributed by atoms with E-state index < -0.39 is 11.7 Å². The summed E-state index contributed by atoms with van der Waals surface area (Å²) in [5.74, 6) is -0.526. The first kappa shape index (κ1) is 22.1. The lowest BCUT2D eigenvalue weighted by atomic mass is 10.0. The van der Waals surface area contributed by atoms with Crippen LogP contribution in [0.15, 0.2) is 65.3 Å². The third-order valence-electron chi connectivity index (χ3n) is 5.53. The van der Waals surface area contributed by atoms with Crippen molar-refractivity contribution in [3.63, 3.8) is 0 Å². The third kappa shape index (κ3) is 5.21. The van der Waals surface area contributed by atoms with Gasteiger partial charge in [-0.15, -0.1) is 0 Å². The number of benzene rings is 2. The van der Waals surface area contributed by atoms with Gasteiger partial charge in [0.05, 0.1) is 23.5 Å². The average Bonchev–Trinajstić information content (AvgIpc) is 3.32. The summed E-state index contributed by atoms with van der Waals surface area (Å²) >= 11 is 0. The second-order valence-corrected chi connectivity index (χ2v) is 7.72. The molecule has 0 saturated carbocycles. The third-order valence-corrected chi connectivity index (χ3v) is 5.53. The standard InChI is InChI=1S/C25H22FN3O4/c26-22-7-2-1-6-21(22)24(30)28-19-8-11-29(12-9-19)25(31)23-18(10-13-32-23)16-33-20-5-3-4-17(14-20)15-27/h1-7,10,13-14,19H,8-9,11-12,16H2,(H,28,30). The van der Waals surface area contributed by atoms with Crippen molar-refractivity contribution in [1.82, 2.24) is 10.2 Å². The number of hydrogen-bond acceptors (Lipinski definition) is 5. The molecule has 168 valence electrons. The summed E-state index contributed by atoms with van der Waals surface area (Å²) in [4.78, 5) is 27.0. The lowest BCUT2D eigenvalue weighted by Crippen LogP contribution is -2.46. The molecule has 1 N–H and O–H groups in total. The number of nitriles is 1. The molecule has 0 aliphatic carbocycles. The molecule has 1 aliphatic heterocycles. The van der Waals surface area contributed by atoms with Crippen LogP contribution in [-0.4, -0.2) is 35.8 Å². The number of nitrogens with one attached hydrogen (secondary N) is 1. The largest absolute Gasteiger partial charge is 0.489 e. The molecule has 1 aromatic heterocycles. The maximum Gasteiger partial charge on any atom is 0.289 e. The van der Waals surface area contributed by atoms with Crippen molar-refractivity contribution in [3.05, 3.63) is 89.1 Å². The van der Waals surface area contributed by atoms with E-state index in [9.17, 15) is 14.0 Å². The van der Waals surface area contributed by atoms with Crippen LogP contribution >= 0.6 is 0 Å². The Morgan fingerprint density at radius 2 is 1.94 bits per heavy atom. The molecule has 1 fully saturated rings. The van der Waals surface area contributed by atoms with Gasteiger partial charge in [0.1, 0.15) is 18.2 Å². The molecule has 0 radical (unpaired) electrons. The van der Waals surface area contributed by atoms with Crippen molar-refractivity contribution in [2.24, 2.45) is 0 Å². The number of amides is 2. The Morgan fingerprint density at radius 3 is 2.70 bits per heavy atom. The molecule has 2 aromatic carbocycles. The minimum absolute atomic E-state index is 0.0107. The van der Waals surface area contributed by atoms with Gasteiger partial charge in [-0.05, 0) is 49.2 Å². The molecule has 0 atom stereocenters. The van der Waals surface area contributed by atoms with Crippen molar-refractivity contribution < 1.29 is 23.1 Å². The molecule has 0 unspecified atom stereocenters. The first-order valence-corrected chi connectivity index (χ1v) is 10.6. The number of ether oxygens (including phenoxy) is 1. The molecule has 2 heterocycles. The number of carbonyl (C=O) groups excluding carboxylic acids is 2. The number of carbonyl (C=O) groups is 2. The predicted molar refractivity (Wildman–Crippen MR) is 117 cm³/mol. The number of nitrogens with zero attached hydrogens (tertiary/aromatic N) is 2. The molecule has 7 nitrogen and oxygen atoms in total. The summed E-state index contributed by atoms with van der Waals surface area (Å²) in [6.07, 6.45) is 2.55. The Labute approximate surface area is 190 Å². The second-order valence-electron chi connectivity index (χ2n) is 7.72. The predicted octanol–water partition coefficient (Wildman–Crippen LogP) is 3.90. The van der Waals surface area contributed by atoms with E-state index in [-0.39, 0.29) is 29.9 Å². The molecule has 1 saturated heterocycles. The number of piperidine rings is 1. The smallest absolute Gasteiger partial charge is 0.289 e. The van der Waals surface area contributed by atoms with E-state index in [0.717, 1.165) is 0 Å². The van der Waals surface area contributed by atoms with E-state index >= 15 is 0 Å². The van der Waals surface area contributed by atoms with E-state index in [4.69, 9.17) is 14.4 Å². The Morgan fingerprint density at radius 1 is 1.15 bits per heavy atom. The van der Waals surface area contributed by atoms with Gasteiger partial charge in [-0.2, -0.15) is 5.26 Å². The average molecular weight is 447 g/mol. The molecule has 0 spiro atoms. The fourth-order valence-electron chi connectivity index (χ4n) is 3.73. The zero-order valence-corrected chi connectivity index (χ0v) is 17.8. The molecule has 3 aromatic rings. The monoisotopic (exact) mass is 447 g/mol. The Bertz CT molecular complexity index is 1190. The zero-order valence-electron chi connectivity index (χ0n) is 17.8. The number of halogens is 1. The van der Waals surface area contributed by atoms with E-state index in [0.29, 0.717) is 42.8 Å². The maximum absolute atomic E-state index is 13.8. The highest BCUT2D eigenvalue weighted by Gasteiger charge is 2.28. The minimum Gasteiger partial charge on any atom is -0.489 e. The van der Waals surface area contributed by atoms with Gasteiger partial charge < -0.3 is 19.4 Å². The van der Waals surface area contributed by atoms with Gasteiger partial charge >= 0.3 is 0 Å². The summed E-state index contributed by atoms with van der Waals surface area (Å²) in [6.45, 7) is 1.00. The van der Waals surface area contributed by atoms with Crippen LogP contribution in [0.2, 0.25) is 0 Å². The van der Waals surface area contributed by atoms with Crippen molar-refractivity contribution >= 4 is 11.8 Å². The van der Waals surface area contributed by atoms with E-state index in [1.54, 1.807) is 41.3 Å². The summed E-state index contributed by atoms with van der Waals surface area (Å²) < 4.78 is 25.0. The minimum atomic E-state index is -0.561. The molecule has 8 heteroatoms. The number of hydrogen-bond donors (Lipinski definition) is 1. The van der Waals surface area contributed by atoms with Crippen LogP contribution in [0.5, 0.6) is 5.75 Å². The van der Waals surface area contributed by atoms with Crippen LogP contribution in [0.4, 0.5) is 4.39 Å². The van der Waals surface area contributed by atoms with Crippen LogP contribution in [0.1, 0.15) is 44.9 Å². The van der Waals surface area contributed by atoms with Crippen molar-refractivity contribution in [2.75, 3.05) is 13.1 Å². The summed E-state index contributed by atoms with van der Waals surface area (Å²) in [5, 5.41) is 11.8. The van der Waals surface area contributed by atoms with Crippen molar-refractivity contribution in [1.29, 1.82) is 5.26 Å². The first-order chi connectivity index (χ1) is 16.0. The molecule has 0 bridgehead atoms. The molecular formula is C25H22FN3O4. The first-order valence-electron chi connectivity index (χ1n) is 10.6. The Balaban J connectivity index is 1.32. The van der Waals surface area contributed by atoms with Gasteiger partial charge in [-0.25, -0.2) is 4.39 Å². The van der Waals surface area contributed by atoms with E-state index in [2.05, 4.69) is 11.4 Å². The molecular weight excluding hydrogens is 425 g/mol. The Hall–Kier alpha value is -4.12. The van der Waals surface area contributed by atoms with Crippen LogP contribution in [0.25, 0.3) is 0 Å². The van der Waals surface area contributed by atoms with Gasteiger partial charge in [0.2, 0.25) is 0 Å². The van der Waals surface area contributed by atoms with Gasteiger partial charge in [0.15, 0.2) is 5.76 Å². The van der Waals surface area contributed by atoms with Crippen LogP contribution in [0, 0.1) is 17.1 Å². The molecule has 1 aliphatic rings. The highest BCUT2D eigenvalue weighted by molar-refractivity contribution is 5.95. The normalized spacial score (nSPS) is 13.9. The fraction of sp³-hybridized carbons (Fsp3) is 0.240. The topological polar surface area (TPSA) is 95.6 Å². The lowest BCUT2D eigenvalue weighted by molar-refractivity contribution is 0.0663. The van der Waals surface area contributed by atoms with Crippen LogP contribution < -0.4 is 10.1 Å². The maximum atomic E-state index is 13.8. The second kappa shape index (κ2) is 10.0. The van der Waals surface area contributed by atoms with Gasteiger partial charge in [0, 0.05) is 24.7 Å².